The van der Waals surface area contributed by atoms with Crippen LogP contribution in [0, 0.1) is 0 Å². The van der Waals surface area contributed by atoms with Gasteiger partial charge in [-0.3, -0.25) is 19.4 Å². The Kier molecular flexibility index (Phi) is 5.30. The van der Waals surface area contributed by atoms with Gasteiger partial charge in [0.25, 0.3) is 5.91 Å². The van der Waals surface area contributed by atoms with Gasteiger partial charge in [0.05, 0.1) is 25.8 Å². The summed E-state index contributed by atoms with van der Waals surface area (Å²) >= 11 is 7.17. The largest absolute Gasteiger partial charge is 0.497 e. The molecule has 184 valence electrons. The maximum Gasteiger partial charge on any atom is 0.254 e. The molecule has 3 aliphatic rings. The number of furan rings is 1. The van der Waals surface area contributed by atoms with Crippen LogP contribution in [-0.4, -0.2) is 58.4 Å². The van der Waals surface area contributed by atoms with Gasteiger partial charge >= 0.3 is 0 Å². The molecule has 0 saturated carbocycles. The molecule has 0 N–H and O–H groups in total. The number of carbonyl (C=O) groups is 2. The molecule has 3 aromatic rings. The minimum absolute atomic E-state index is 0.160. The Bertz CT molecular complexity index is 1380. The van der Waals surface area contributed by atoms with Crippen LogP contribution in [0.4, 0.5) is 5.69 Å². The molecule has 36 heavy (non-hydrogen) atoms. The highest BCUT2D eigenvalue weighted by Gasteiger charge is 2.79. The number of likely N-dealkylation sites (N-methyl/N-ethyl adjacent to an activating group) is 2. The van der Waals surface area contributed by atoms with E-state index < -0.39 is 16.2 Å². The van der Waals surface area contributed by atoms with E-state index in [1.165, 1.54) is 11.8 Å². The zero-order valence-electron chi connectivity index (χ0n) is 20.1. The number of carbonyl (C=O) groups excluding carboxylic acids is 2. The van der Waals surface area contributed by atoms with Crippen LogP contribution in [0.25, 0.3) is 0 Å². The second-order valence-corrected chi connectivity index (χ2v) is 11.3. The predicted molar refractivity (Wildman–Crippen MR) is 142 cm³/mol. The number of hydrogen-bond donors (Lipinski definition) is 0. The maximum absolute atomic E-state index is 14.7. The first kappa shape index (κ1) is 23.3. The number of thiocarbonyl (C=S) groups is 1. The molecule has 2 spiro atoms. The number of rotatable bonds is 4. The molecule has 4 heterocycles. The van der Waals surface area contributed by atoms with Crippen LogP contribution in [-0.2, 0) is 21.7 Å². The van der Waals surface area contributed by atoms with E-state index in [2.05, 4.69) is 0 Å². The van der Waals surface area contributed by atoms with Gasteiger partial charge in [-0.05, 0) is 42.9 Å². The summed E-state index contributed by atoms with van der Waals surface area (Å²) in [5.74, 6) is 0.552. The molecular weight excluding hydrogens is 494 g/mol. The van der Waals surface area contributed by atoms with Crippen molar-refractivity contribution in [1.82, 2.24) is 9.80 Å². The summed E-state index contributed by atoms with van der Waals surface area (Å²) in [4.78, 5) is 34.4. The number of anilines is 1. The Morgan fingerprint density at radius 1 is 1.08 bits per heavy atom. The first-order valence-corrected chi connectivity index (χ1v) is 12.9. The van der Waals surface area contributed by atoms with Gasteiger partial charge in [-0.25, -0.2) is 0 Å². The van der Waals surface area contributed by atoms with Crippen LogP contribution < -0.4 is 9.64 Å². The minimum atomic E-state index is -1.29. The van der Waals surface area contributed by atoms with Crippen LogP contribution in [0.1, 0.15) is 22.8 Å². The molecule has 1 aromatic heterocycles. The molecule has 2 saturated heterocycles. The molecule has 3 aliphatic heterocycles. The van der Waals surface area contributed by atoms with Crippen molar-refractivity contribution in [2.75, 3.05) is 32.6 Å². The van der Waals surface area contributed by atoms with Crippen molar-refractivity contribution >= 4 is 45.8 Å². The van der Waals surface area contributed by atoms with Gasteiger partial charge in [-0.1, -0.05) is 54.3 Å². The summed E-state index contributed by atoms with van der Waals surface area (Å²) in [6.45, 7) is 0.789. The molecule has 2 amide bonds. The van der Waals surface area contributed by atoms with Gasteiger partial charge < -0.3 is 14.1 Å². The molecule has 6 rings (SSSR count). The Morgan fingerprint density at radius 2 is 1.86 bits per heavy atom. The molecule has 9 heteroatoms. The summed E-state index contributed by atoms with van der Waals surface area (Å²) in [6.07, 6.45) is 1.61. The van der Waals surface area contributed by atoms with Gasteiger partial charge in [0.2, 0.25) is 5.91 Å². The highest BCUT2D eigenvalue weighted by molar-refractivity contribution is 8.25. The van der Waals surface area contributed by atoms with Crippen LogP contribution in [0.2, 0.25) is 0 Å². The molecule has 2 fully saturated rings. The van der Waals surface area contributed by atoms with Crippen LogP contribution in [0.5, 0.6) is 5.75 Å². The summed E-state index contributed by atoms with van der Waals surface area (Å²) in [7, 11) is 5.26. The summed E-state index contributed by atoms with van der Waals surface area (Å²) in [6, 6.07) is 19.1. The standard InChI is InChI=1S/C27H25N3O4S2/c1-28-16-20(22-10-7-13-34-22)27(24(32)30(25(35)36-27)15-17-8-5-4-6-9-17)26(28)19-14-18(33-3)11-12-21(19)29(2)23(26)31/h4-14,20H,15-16H2,1-3H3/t20?,26-,27+/m1/s1. The second-order valence-electron chi connectivity index (χ2n) is 9.39. The summed E-state index contributed by atoms with van der Waals surface area (Å²) in [5.41, 5.74) is 1.18. The molecule has 0 bridgehead atoms. The van der Waals surface area contributed by atoms with E-state index in [1.54, 1.807) is 30.2 Å². The normalized spacial score (nSPS) is 27.6. The summed E-state index contributed by atoms with van der Waals surface area (Å²) < 4.78 is 10.6. The lowest BCUT2D eigenvalue weighted by atomic mass is 9.73. The number of nitrogens with zero attached hydrogens (tertiary/aromatic N) is 3. The van der Waals surface area contributed by atoms with E-state index in [9.17, 15) is 9.59 Å². The molecule has 0 aliphatic carbocycles. The lowest BCUT2D eigenvalue weighted by molar-refractivity contribution is -0.139. The number of hydrogen-bond acceptors (Lipinski definition) is 7. The quantitative estimate of drug-likeness (QED) is 0.483. The van der Waals surface area contributed by atoms with Crippen molar-refractivity contribution in [2.45, 2.75) is 22.7 Å². The van der Waals surface area contributed by atoms with E-state index in [0.29, 0.717) is 28.9 Å². The van der Waals surface area contributed by atoms with E-state index in [4.69, 9.17) is 21.4 Å². The number of amides is 2. The Hall–Kier alpha value is -3.14. The van der Waals surface area contributed by atoms with Crippen molar-refractivity contribution in [3.63, 3.8) is 0 Å². The fourth-order valence-corrected chi connectivity index (χ4v) is 8.25. The zero-order valence-corrected chi connectivity index (χ0v) is 21.8. The van der Waals surface area contributed by atoms with Gasteiger partial charge in [-0.2, -0.15) is 0 Å². The van der Waals surface area contributed by atoms with Gasteiger partial charge in [0.15, 0.2) is 5.54 Å². The average Bonchev–Trinajstić information content (AvgIpc) is 3.61. The third-order valence-electron chi connectivity index (χ3n) is 7.73. The molecule has 2 aromatic carbocycles. The number of likely N-dealkylation sites (tertiary alicyclic amines) is 1. The molecule has 1 unspecified atom stereocenters. The van der Waals surface area contributed by atoms with Crippen molar-refractivity contribution in [2.24, 2.45) is 0 Å². The van der Waals surface area contributed by atoms with Crippen LogP contribution in [0.3, 0.4) is 0 Å². The number of ether oxygens (including phenoxy) is 1. The fourth-order valence-electron chi connectivity index (χ4n) is 6.15. The number of thioether (sulfide) groups is 1. The van der Waals surface area contributed by atoms with E-state index in [1.807, 2.05) is 72.6 Å². The highest BCUT2D eigenvalue weighted by atomic mass is 32.2. The first-order chi connectivity index (χ1) is 17.4. The maximum atomic E-state index is 14.7. The zero-order chi connectivity index (χ0) is 25.2. The van der Waals surface area contributed by atoms with Gasteiger partial charge in [0.1, 0.15) is 20.6 Å². The Labute approximate surface area is 219 Å². The Morgan fingerprint density at radius 3 is 2.56 bits per heavy atom. The van der Waals surface area contributed by atoms with E-state index >= 15 is 0 Å². The van der Waals surface area contributed by atoms with E-state index in [0.717, 1.165) is 16.8 Å². The smallest absolute Gasteiger partial charge is 0.254 e. The molecule has 0 radical (unpaired) electrons. The number of benzene rings is 2. The topological polar surface area (TPSA) is 66.2 Å². The molecular formula is C27H25N3O4S2. The second kappa shape index (κ2) is 8.19. The Balaban J connectivity index is 1.60. The average molecular weight is 520 g/mol. The SMILES string of the molecule is COc1ccc2c(c1)[C@]1(C(=O)N2C)N(C)CC(c2ccco2)[C@@]12SC(=S)N(Cc1ccccc1)C2=O. The third-order valence-corrected chi connectivity index (χ3v) is 9.67. The van der Waals surface area contributed by atoms with Gasteiger partial charge in [-0.15, -0.1) is 0 Å². The predicted octanol–water partition coefficient (Wildman–Crippen LogP) is 3.99. The van der Waals surface area contributed by atoms with Crippen LogP contribution in [0.15, 0.2) is 71.3 Å². The fraction of sp³-hybridized carbons (Fsp3) is 0.296. The van der Waals surface area contributed by atoms with Gasteiger partial charge in [0, 0.05) is 24.8 Å². The number of fused-ring (bicyclic) bond motifs is 3. The van der Waals surface area contributed by atoms with Crippen molar-refractivity contribution < 1.29 is 18.7 Å². The van der Waals surface area contributed by atoms with Crippen LogP contribution >= 0.6 is 24.0 Å². The van der Waals surface area contributed by atoms with Crippen molar-refractivity contribution in [3.05, 3.63) is 83.8 Å². The monoisotopic (exact) mass is 519 g/mol. The first-order valence-electron chi connectivity index (χ1n) is 11.7. The summed E-state index contributed by atoms with van der Waals surface area (Å²) in [5, 5.41) is 0. The lowest BCUT2D eigenvalue weighted by Crippen LogP contribution is -2.62. The third kappa shape index (κ3) is 2.82. The van der Waals surface area contributed by atoms with Crippen molar-refractivity contribution in [1.29, 1.82) is 0 Å². The minimum Gasteiger partial charge on any atom is -0.497 e. The van der Waals surface area contributed by atoms with Crippen molar-refractivity contribution in [3.8, 4) is 5.75 Å². The lowest BCUT2D eigenvalue weighted by Gasteiger charge is -2.41. The van der Waals surface area contributed by atoms with E-state index in [-0.39, 0.29) is 11.8 Å². The number of methoxy groups -OCH3 is 1. The molecule has 7 nitrogen and oxygen atoms in total. The molecule has 3 atom stereocenters. The highest BCUT2D eigenvalue weighted by Crippen LogP contribution is 2.67.